The standard InChI is InChI=1S/C10H15N3O4/c1-17-6-2-4-11-8(14)7-13-9(15)3-5-12-10(13)16/h3,5H,2,4,6-7H2,1H3,(H,11,14)(H,12,16). The summed E-state index contributed by atoms with van der Waals surface area (Å²) in [6, 6.07) is 1.19. The molecule has 0 fully saturated rings. The normalized spacial score (nSPS) is 10.2. The maximum atomic E-state index is 11.4. The van der Waals surface area contributed by atoms with E-state index in [2.05, 4.69) is 10.3 Å². The number of ether oxygens (including phenoxy) is 1. The first kappa shape index (κ1) is 13.2. The molecule has 0 unspecified atom stereocenters. The Hall–Kier alpha value is -1.89. The second-order valence-electron chi connectivity index (χ2n) is 3.40. The lowest BCUT2D eigenvalue weighted by atomic mass is 10.4. The van der Waals surface area contributed by atoms with E-state index < -0.39 is 11.2 Å². The minimum absolute atomic E-state index is 0.276. The fraction of sp³-hybridized carbons (Fsp3) is 0.500. The molecule has 0 radical (unpaired) electrons. The summed E-state index contributed by atoms with van der Waals surface area (Å²) in [6.07, 6.45) is 1.93. The molecule has 2 N–H and O–H groups in total. The summed E-state index contributed by atoms with van der Waals surface area (Å²) < 4.78 is 5.66. The van der Waals surface area contributed by atoms with Crippen LogP contribution in [-0.4, -0.2) is 35.7 Å². The Kier molecular flexibility index (Phi) is 5.15. The van der Waals surface area contributed by atoms with Crippen LogP contribution in [0.3, 0.4) is 0 Å². The fourth-order valence-electron chi connectivity index (χ4n) is 1.25. The van der Waals surface area contributed by atoms with Gasteiger partial charge in [0.1, 0.15) is 6.54 Å². The van der Waals surface area contributed by atoms with Crippen LogP contribution in [0.5, 0.6) is 0 Å². The maximum absolute atomic E-state index is 11.4. The minimum atomic E-state index is -0.593. The third-order valence-electron chi connectivity index (χ3n) is 2.09. The van der Waals surface area contributed by atoms with E-state index in [9.17, 15) is 14.4 Å². The molecule has 0 aliphatic carbocycles. The predicted molar refractivity (Wildman–Crippen MR) is 60.8 cm³/mol. The molecule has 1 aromatic rings. The van der Waals surface area contributed by atoms with Crippen molar-refractivity contribution in [3.05, 3.63) is 33.1 Å². The number of methoxy groups -OCH3 is 1. The molecular formula is C10H15N3O4. The molecule has 1 amide bonds. The van der Waals surface area contributed by atoms with Gasteiger partial charge in [0.25, 0.3) is 5.56 Å². The van der Waals surface area contributed by atoms with Gasteiger partial charge in [-0.1, -0.05) is 0 Å². The number of rotatable bonds is 6. The Balaban J connectivity index is 2.51. The number of nitrogens with zero attached hydrogens (tertiary/aromatic N) is 1. The zero-order valence-electron chi connectivity index (χ0n) is 9.56. The van der Waals surface area contributed by atoms with Crippen LogP contribution >= 0.6 is 0 Å². The Bertz CT molecular complexity index is 449. The SMILES string of the molecule is COCCCNC(=O)Cn1c(=O)cc[nH]c1=O. The number of H-pyrrole nitrogens is 1. The first-order chi connectivity index (χ1) is 8.15. The average molecular weight is 241 g/mol. The molecule has 0 aliphatic heterocycles. The number of amides is 1. The van der Waals surface area contributed by atoms with Crippen molar-refractivity contribution in [1.29, 1.82) is 0 Å². The van der Waals surface area contributed by atoms with Crippen LogP contribution in [-0.2, 0) is 16.1 Å². The van der Waals surface area contributed by atoms with Crippen molar-refractivity contribution in [2.45, 2.75) is 13.0 Å². The van der Waals surface area contributed by atoms with Gasteiger partial charge < -0.3 is 15.0 Å². The number of hydrogen-bond donors (Lipinski definition) is 2. The summed E-state index contributed by atoms with van der Waals surface area (Å²) in [5.74, 6) is -0.375. The van der Waals surface area contributed by atoms with Gasteiger partial charge in [0.2, 0.25) is 5.91 Å². The van der Waals surface area contributed by atoms with E-state index >= 15 is 0 Å². The average Bonchev–Trinajstić information content (AvgIpc) is 2.30. The van der Waals surface area contributed by atoms with Crippen molar-refractivity contribution in [2.24, 2.45) is 0 Å². The number of aromatic nitrogens is 2. The number of hydrogen-bond acceptors (Lipinski definition) is 4. The highest BCUT2D eigenvalue weighted by Gasteiger charge is 2.06. The molecule has 94 valence electrons. The number of aromatic amines is 1. The van der Waals surface area contributed by atoms with Gasteiger partial charge in [-0.25, -0.2) is 4.79 Å². The molecule has 7 heteroatoms. The Morgan fingerprint density at radius 3 is 2.94 bits per heavy atom. The van der Waals surface area contributed by atoms with Crippen molar-refractivity contribution in [3.8, 4) is 0 Å². The molecular weight excluding hydrogens is 226 g/mol. The highest BCUT2D eigenvalue weighted by Crippen LogP contribution is 1.79. The van der Waals surface area contributed by atoms with Gasteiger partial charge in [-0.15, -0.1) is 0 Å². The third-order valence-corrected chi connectivity index (χ3v) is 2.09. The van der Waals surface area contributed by atoms with Crippen LogP contribution < -0.4 is 16.6 Å². The Morgan fingerprint density at radius 1 is 1.53 bits per heavy atom. The van der Waals surface area contributed by atoms with Gasteiger partial charge in [-0.2, -0.15) is 0 Å². The van der Waals surface area contributed by atoms with Crippen LogP contribution in [0.2, 0.25) is 0 Å². The topological polar surface area (TPSA) is 93.2 Å². The van der Waals surface area contributed by atoms with E-state index in [0.717, 1.165) is 4.57 Å². The van der Waals surface area contributed by atoms with Gasteiger partial charge >= 0.3 is 5.69 Å². The summed E-state index contributed by atoms with van der Waals surface area (Å²) >= 11 is 0. The zero-order chi connectivity index (χ0) is 12.7. The van der Waals surface area contributed by atoms with Crippen LogP contribution in [0.15, 0.2) is 21.9 Å². The van der Waals surface area contributed by atoms with Crippen molar-refractivity contribution >= 4 is 5.91 Å². The summed E-state index contributed by atoms with van der Waals surface area (Å²) in [4.78, 5) is 36.3. The van der Waals surface area contributed by atoms with Crippen molar-refractivity contribution in [2.75, 3.05) is 20.3 Å². The third kappa shape index (κ3) is 4.23. The lowest BCUT2D eigenvalue weighted by Crippen LogP contribution is -2.40. The van der Waals surface area contributed by atoms with Crippen LogP contribution in [0.4, 0.5) is 0 Å². The zero-order valence-corrected chi connectivity index (χ0v) is 9.56. The van der Waals surface area contributed by atoms with Crippen molar-refractivity contribution in [1.82, 2.24) is 14.9 Å². The van der Waals surface area contributed by atoms with E-state index in [-0.39, 0.29) is 12.5 Å². The maximum Gasteiger partial charge on any atom is 0.328 e. The molecule has 1 aromatic heterocycles. The monoisotopic (exact) mass is 241 g/mol. The summed E-state index contributed by atoms with van der Waals surface area (Å²) in [5.41, 5.74) is -1.09. The Labute approximate surface area is 97.4 Å². The molecule has 0 aliphatic rings. The number of carbonyl (C=O) groups excluding carboxylic acids is 1. The van der Waals surface area contributed by atoms with Crippen LogP contribution in [0, 0.1) is 0 Å². The van der Waals surface area contributed by atoms with Gasteiger partial charge in [0, 0.05) is 32.5 Å². The van der Waals surface area contributed by atoms with Crippen molar-refractivity contribution < 1.29 is 9.53 Å². The molecule has 0 aromatic carbocycles. The lowest BCUT2D eigenvalue weighted by Gasteiger charge is -2.05. The molecule has 7 nitrogen and oxygen atoms in total. The van der Waals surface area contributed by atoms with Crippen molar-refractivity contribution in [3.63, 3.8) is 0 Å². The second-order valence-corrected chi connectivity index (χ2v) is 3.40. The summed E-state index contributed by atoms with van der Waals surface area (Å²) in [7, 11) is 1.57. The minimum Gasteiger partial charge on any atom is -0.385 e. The first-order valence-corrected chi connectivity index (χ1v) is 5.19. The van der Waals surface area contributed by atoms with E-state index in [1.165, 1.54) is 12.3 Å². The molecule has 0 spiro atoms. The molecule has 1 heterocycles. The molecule has 0 saturated carbocycles. The highest BCUT2D eigenvalue weighted by atomic mass is 16.5. The highest BCUT2D eigenvalue weighted by molar-refractivity contribution is 5.75. The van der Waals surface area contributed by atoms with Gasteiger partial charge in [0.15, 0.2) is 0 Å². The van der Waals surface area contributed by atoms with Gasteiger partial charge in [0.05, 0.1) is 0 Å². The van der Waals surface area contributed by atoms with E-state index in [4.69, 9.17) is 4.74 Å². The summed E-state index contributed by atoms with van der Waals surface area (Å²) in [6.45, 7) is 0.723. The van der Waals surface area contributed by atoms with E-state index in [1.807, 2.05) is 0 Å². The molecule has 0 atom stereocenters. The van der Waals surface area contributed by atoms with Crippen LogP contribution in [0.1, 0.15) is 6.42 Å². The lowest BCUT2D eigenvalue weighted by molar-refractivity contribution is -0.121. The molecule has 17 heavy (non-hydrogen) atoms. The van der Waals surface area contributed by atoms with Crippen LogP contribution in [0.25, 0.3) is 0 Å². The number of nitrogens with one attached hydrogen (secondary N) is 2. The molecule has 0 saturated heterocycles. The largest absolute Gasteiger partial charge is 0.385 e. The quantitative estimate of drug-likeness (QED) is 0.605. The predicted octanol–water partition coefficient (Wildman–Crippen LogP) is -1.31. The van der Waals surface area contributed by atoms with E-state index in [0.29, 0.717) is 19.6 Å². The fourth-order valence-corrected chi connectivity index (χ4v) is 1.25. The Morgan fingerprint density at radius 2 is 2.29 bits per heavy atom. The molecule has 0 bridgehead atoms. The van der Waals surface area contributed by atoms with E-state index in [1.54, 1.807) is 7.11 Å². The second kappa shape index (κ2) is 6.64. The first-order valence-electron chi connectivity index (χ1n) is 5.19. The smallest absolute Gasteiger partial charge is 0.328 e. The number of carbonyl (C=O) groups is 1. The van der Waals surface area contributed by atoms with Gasteiger partial charge in [-0.05, 0) is 6.42 Å². The summed E-state index contributed by atoms with van der Waals surface area (Å²) in [5, 5.41) is 2.59. The molecule has 1 rings (SSSR count). The van der Waals surface area contributed by atoms with Gasteiger partial charge in [-0.3, -0.25) is 14.2 Å².